The maximum absolute atomic E-state index is 13.4. The highest BCUT2D eigenvalue weighted by molar-refractivity contribution is 7.99. The van der Waals surface area contributed by atoms with Crippen molar-refractivity contribution in [1.29, 1.82) is 0 Å². The summed E-state index contributed by atoms with van der Waals surface area (Å²) in [5, 5.41) is 3.51. The minimum Gasteiger partial charge on any atom is -0.354 e. The SMILES string of the molecule is CCCCCSc1nc(NCCC)ncc1F. The van der Waals surface area contributed by atoms with Crippen LogP contribution < -0.4 is 5.32 Å². The van der Waals surface area contributed by atoms with Crippen molar-refractivity contribution in [1.82, 2.24) is 9.97 Å². The maximum Gasteiger partial charge on any atom is 0.223 e. The van der Waals surface area contributed by atoms with Gasteiger partial charge in [-0.1, -0.05) is 26.7 Å². The molecule has 0 radical (unpaired) electrons. The van der Waals surface area contributed by atoms with Gasteiger partial charge in [-0.25, -0.2) is 14.4 Å². The summed E-state index contributed by atoms with van der Waals surface area (Å²) in [6.07, 6.45) is 5.70. The van der Waals surface area contributed by atoms with Crippen LogP contribution in [0.2, 0.25) is 0 Å². The number of aromatic nitrogens is 2. The Kier molecular flexibility index (Phi) is 6.93. The molecular formula is C12H20FN3S. The second kappa shape index (κ2) is 8.28. The van der Waals surface area contributed by atoms with Crippen molar-refractivity contribution >= 4 is 17.7 Å². The third-order valence-corrected chi connectivity index (χ3v) is 3.28. The summed E-state index contributed by atoms with van der Waals surface area (Å²) < 4.78 is 13.4. The van der Waals surface area contributed by atoms with Crippen LogP contribution in [0.5, 0.6) is 0 Å². The third-order valence-electron chi connectivity index (χ3n) is 2.23. The summed E-state index contributed by atoms with van der Waals surface area (Å²) in [6, 6.07) is 0. The van der Waals surface area contributed by atoms with Gasteiger partial charge in [0.2, 0.25) is 5.95 Å². The fourth-order valence-corrected chi connectivity index (χ4v) is 2.18. The van der Waals surface area contributed by atoms with Gasteiger partial charge >= 0.3 is 0 Å². The van der Waals surface area contributed by atoms with Crippen LogP contribution in [0.25, 0.3) is 0 Å². The maximum atomic E-state index is 13.4. The van der Waals surface area contributed by atoms with Crippen LogP contribution in [-0.4, -0.2) is 22.3 Å². The molecule has 0 saturated carbocycles. The normalized spacial score (nSPS) is 10.5. The predicted molar refractivity (Wildman–Crippen MR) is 71.0 cm³/mol. The van der Waals surface area contributed by atoms with Gasteiger partial charge in [0, 0.05) is 6.54 Å². The fraction of sp³-hybridized carbons (Fsp3) is 0.667. The lowest BCUT2D eigenvalue weighted by molar-refractivity contribution is 0.579. The number of anilines is 1. The molecule has 0 saturated heterocycles. The number of thioether (sulfide) groups is 1. The summed E-state index contributed by atoms with van der Waals surface area (Å²) in [7, 11) is 0. The lowest BCUT2D eigenvalue weighted by atomic mass is 10.3. The number of hydrogen-bond donors (Lipinski definition) is 1. The molecule has 0 fully saturated rings. The van der Waals surface area contributed by atoms with E-state index < -0.39 is 0 Å². The first-order chi connectivity index (χ1) is 8.27. The van der Waals surface area contributed by atoms with Gasteiger partial charge in [-0.05, 0) is 18.6 Å². The molecule has 1 aromatic rings. The Balaban J connectivity index is 2.50. The highest BCUT2D eigenvalue weighted by Crippen LogP contribution is 2.21. The molecular weight excluding hydrogens is 237 g/mol. The number of rotatable bonds is 8. The molecule has 96 valence electrons. The average molecular weight is 257 g/mol. The van der Waals surface area contributed by atoms with Crippen molar-refractivity contribution in [3.8, 4) is 0 Å². The van der Waals surface area contributed by atoms with E-state index in [0.717, 1.165) is 25.1 Å². The van der Waals surface area contributed by atoms with Crippen LogP contribution >= 0.6 is 11.8 Å². The first-order valence-electron chi connectivity index (χ1n) is 6.17. The van der Waals surface area contributed by atoms with Crippen molar-refractivity contribution < 1.29 is 4.39 Å². The highest BCUT2D eigenvalue weighted by atomic mass is 32.2. The fourth-order valence-electron chi connectivity index (χ4n) is 1.30. The van der Waals surface area contributed by atoms with Gasteiger partial charge in [-0.15, -0.1) is 11.8 Å². The first-order valence-corrected chi connectivity index (χ1v) is 7.15. The van der Waals surface area contributed by atoms with Gasteiger partial charge in [0.25, 0.3) is 0 Å². The van der Waals surface area contributed by atoms with Crippen LogP contribution in [0.4, 0.5) is 10.3 Å². The van der Waals surface area contributed by atoms with E-state index in [1.54, 1.807) is 0 Å². The molecule has 0 aliphatic heterocycles. The van der Waals surface area contributed by atoms with Crippen LogP contribution in [0.1, 0.15) is 39.5 Å². The summed E-state index contributed by atoms with van der Waals surface area (Å²) in [6.45, 7) is 5.03. The first kappa shape index (κ1) is 14.2. The molecule has 0 bridgehead atoms. The third kappa shape index (κ3) is 5.35. The number of nitrogens with zero attached hydrogens (tertiary/aromatic N) is 2. The van der Waals surface area contributed by atoms with Gasteiger partial charge < -0.3 is 5.32 Å². The molecule has 0 unspecified atom stereocenters. The second-order valence-electron chi connectivity index (χ2n) is 3.83. The Hall–Kier alpha value is -0.840. The Bertz CT molecular complexity index is 334. The van der Waals surface area contributed by atoms with E-state index in [1.807, 2.05) is 0 Å². The van der Waals surface area contributed by atoms with Crippen molar-refractivity contribution in [3.05, 3.63) is 12.0 Å². The van der Waals surface area contributed by atoms with E-state index in [1.165, 1.54) is 30.8 Å². The predicted octanol–water partition coefficient (Wildman–Crippen LogP) is 3.72. The molecule has 17 heavy (non-hydrogen) atoms. The Morgan fingerprint density at radius 3 is 2.82 bits per heavy atom. The van der Waals surface area contributed by atoms with Crippen molar-refractivity contribution in [2.24, 2.45) is 0 Å². The van der Waals surface area contributed by atoms with Crippen LogP contribution in [0.15, 0.2) is 11.2 Å². The van der Waals surface area contributed by atoms with Crippen molar-refractivity contribution in [2.45, 2.75) is 44.6 Å². The highest BCUT2D eigenvalue weighted by Gasteiger charge is 2.06. The molecule has 0 aliphatic carbocycles. The van der Waals surface area contributed by atoms with E-state index >= 15 is 0 Å². The minimum atomic E-state index is -0.325. The quantitative estimate of drug-likeness (QED) is 0.437. The van der Waals surface area contributed by atoms with Gasteiger partial charge in [0.05, 0.1) is 6.20 Å². The lowest BCUT2D eigenvalue weighted by Gasteiger charge is -2.06. The molecule has 5 heteroatoms. The van der Waals surface area contributed by atoms with Crippen LogP contribution in [-0.2, 0) is 0 Å². The molecule has 0 aliphatic rings. The topological polar surface area (TPSA) is 37.8 Å². The molecule has 0 aromatic carbocycles. The van der Waals surface area contributed by atoms with Crippen molar-refractivity contribution in [2.75, 3.05) is 17.6 Å². The summed E-state index contributed by atoms with van der Waals surface area (Å²) >= 11 is 1.47. The Morgan fingerprint density at radius 1 is 1.29 bits per heavy atom. The monoisotopic (exact) mass is 257 g/mol. The number of nitrogens with one attached hydrogen (secondary N) is 1. The summed E-state index contributed by atoms with van der Waals surface area (Å²) in [5.74, 6) is 1.11. The van der Waals surface area contributed by atoms with E-state index in [-0.39, 0.29) is 5.82 Å². The van der Waals surface area contributed by atoms with Crippen molar-refractivity contribution in [3.63, 3.8) is 0 Å². The standard InChI is InChI=1S/C12H20FN3S/c1-3-5-6-8-17-11-10(13)9-15-12(16-11)14-7-4-2/h9H,3-8H2,1-2H3,(H,14,15,16). The number of halogens is 1. The van der Waals surface area contributed by atoms with Gasteiger partial charge in [-0.3, -0.25) is 0 Å². The molecule has 0 amide bonds. The molecule has 1 rings (SSSR count). The van der Waals surface area contributed by atoms with E-state index in [9.17, 15) is 4.39 Å². The zero-order valence-electron chi connectivity index (χ0n) is 10.5. The van der Waals surface area contributed by atoms with Gasteiger partial charge in [0.15, 0.2) is 5.82 Å². The van der Waals surface area contributed by atoms with Crippen LogP contribution in [0.3, 0.4) is 0 Å². The average Bonchev–Trinajstić information content (AvgIpc) is 2.35. The zero-order valence-corrected chi connectivity index (χ0v) is 11.3. The molecule has 1 heterocycles. The van der Waals surface area contributed by atoms with E-state index in [4.69, 9.17) is 0 Å². The number of hydrogen-bond acceptors (Lipinski definition) is 4. The van der Waals surface area contributed by atoms with Gasteiger partial charge in [-0.2, -0.15) is 0 Å². The lowest BCUT2D eigenvalue weighted by Crippen LogP contribution is -2.05. The smallest absolute Gasteiger partial charge is 0.223 e. The van der Waals surface area contributed by atoms with Crippen LogP contribution in [0, 0.1) is 5.82 Å². The Morgan fingerprint density at radius 2 is 2.12 bits per heavy atom. The largest absolute Gasteiger partial charge is 0.354 e. The second-order valence-corrected chi connectivity index (χ2v) is 4.91. The summed E-state index contributed by atoms with van der Waals surface area (Å²) in [5.41, 5.74) is 0. The van der Waals surface area contributed by atoms with Gasteiger partial charge in [0.1, 0.15) is 5.03 Å². The zero-order chi connectivity index (χ0) is 12.5. The molecule has 1 N–H and O–H groups in total. The summed E-state index contributed by atoms with van der Waals surface area (Å²) in [4.78, 5) is 8.08. The molecule has 3 nitrogen and oxygen atoms in total. The molecule has 0 atom stereocenters. The number of unbranched alkanes of at least 4 members (excludes halogenated alkanes) is 2. The Labute approximate surface area is 107 Å². The molecule has 1 aromatic heterocycles. The minimum absolute atomic E-state index is 0.325. The van der Waals surface area contributed by atoms with E-state index in [2.05, 4.69) is 29.1 Å². The van der Waals surface area contributed by atoms with E-state index in [0.29, 0.717) is 11.0 Å². The molecule has 0 spiro atoms.